The fraction of sp³-hybridized carbons (Fsp3) is 0.667. The number of alkyl halides is 1. The highest BCUT2D eigenvalue weighted by Crippen LogP contribution is 2.12. The number of halogens is 1. The molecule has 1 unspecified atom stereocenters. The molecule has 0 radical (unpaired) electrons. The number of ether oxygens (including phenoxy) is 1. The molecule has 1 aromatic rings. The predicted molar refractivity (Wildman–Crippen MR) is 70.8 cm³/mol. The first kappa shape index (κ1) is 14.0. The minimum atomic E-state index is 0.0683. The molecular weight excluding hydrogens is 238 g/mol. The van der Waals surface area contributed by atoms with Crippen molar-refractivity contribution in [3.8, 4) is 5.88 Å². The van der Waals surface area contributed by atoms with E-state index >= 15 is 0 Å². The van der Waals surface area contributed by atoms with Gasteiger partial charge < -0.3 is 10.1 Å². The van der Waals surface area contributed by atoms with Crippen LogP contribution in [0.15, 0.2) is 12.3 Å². The van der Waals surface area contributed by atoms with Crippen LogP contribution < -0.4 is 10.1 Å². The molecule has 0 spiro atoms. The predicted octanol–water partition coefficient (Wildman–Crippen LogP) is 2.94. The van der Waals surface area contributed by atoms with Crippen LogP contribution in [-0.2, 0) is 0 Å². The summed E-state index contributed by atoms with van der Waals surface area (Å²) in [4.78, 5) is 8.36. The molecule has 1 rings (SSSR count). The lowest BCUT2D eigenvalue weighted by molar-refractivity contribution is 0.305. The van der Waals surface area contributed by atoms with Gasteiger partial charge in [0.15, 0.2) is 0 Å². The summed E-state index contributed by atoms with van der Waals surface area (Å²) in [6, 6.07) is 1.75. The van der Waals surface area contributed by atoms with Crippen LogP contribution in [0.2, 0.25) is 0 Å². The van der Waals surface area contributed by atoms with Crippen LogP contribution in [0.3, 0.4) is 0 Å². The number of rotatable bonds is 7. The largest absolute Gasteiger partial charge is 0.478 e. The maximum Gasteiger partial charge on any atom is 0.225 e. The number of hydrogen-bond acceptors (Lipinski definition) is 4. The summed E-state index contributed by atoms with van der Waals surface area (Å²) in [5, 5.41) is 3.18. The number of nitrogens with one attached hydrogen (secondary N) is 1. The van der Waals surface area contributed by atoms with Gasteiger partial charge in [-0.3, -0.25) is 0 Å². The van der Waals surface area contributed by atoms with Crippen LogP contribution in [0.1, 0.15) is 27.2 Å². The van der Waals surface area contributed by atoms with Crippen molar-refractivity contribution >= 4 is 17.5 Å². The Kier molecular flexibility index (Phi) is 6.05. The molecule has 1 N–H and O–H groups in total. The molecule has 0 amide bonds. The Morgan fingerprint density at radius 1 is 1.47 bits per heavy atom. The standard InChI is InChI=1S/C12H20ClN3O/c1-4-7-17-11-5-6-14-12(16-11)15-8-10(13)9(2)3/h5-6,9-10H,4,7-8H2,1-3H3,(H,14,15,16). The second kappa shape index (κ2) is 7.33. The minimum absolute atomic E-state index is 0.0683. The van der Waals surface area contributed by atoms with E-state index in [0.717, 1.165) is 6.42 Å². The summed E-state index contributed by atoms with van der Waals surface area (Å²) < 4.78 is 5.43. The van der Waals surface area contributed by atoms with Crippen molar-refractivity contribution in [2.75, 3.05) is 18.5 Å². The van der Waals surface area contributed by atoms with Gasteiger partial charge in [0.1, 0.15) is 0 Å². The molecule has 0 aliphatic carbocycles. The van der Waals surface area contributed by atoms with E-state index in [2.05, 4.69) is 36.1 Å². The summed E-state index contributed by atoms with van der Waals surface area (Å²) in [6.45, 7) is 7.54. The summed E-state index contributed by atoms with van der Waals surface area (Å²) in [5.74, 6) is 1.58. The van der Waals surface area contributed by atoms with Crippen molar-refractivity contribution in [2.45, 2.75) is 32.6 Å². The van der Waals surface area contributed by atoms with E-state index in [1.54, 1.807) is 12.3 Å². The Morgan fingerprint density at radius 2 is 2.24 bits per heavy atom. The summed E-state index contributed by atoms with van der Waals surface area (Å²) >= 11 is 6.14. The first-order chi connectivity index (χ1) is 8.13. The normalized spacial score (nSPS) is 12.5. The van der Waals surface area contributed by atoms with Crippen molar-refractivity contribution in [2.24, 2.45) is 5.92 Å². The smallest absolute Gasteiger partial charge is 0.225 e. The zero-order valence-corrected chi connectivity index (χ0v) is 11.4. The number of aromatic nitrogens is 2. The van der Waals surface area contributed by atoms with Crippen LogP contribution in [0.5, 0.6) is 5.88 Å². The van der Waals surface area contributed by atoms with Gasteiger partial charge in [0.25, 0.3) is 0 Å². The zero-order chi connectivity index (χ0) is 12.7. The molecule has 96 valence electrons. The molecule has 0 aliphatic rings. The molecule has 4 nitrogen and oxygen atoms in total. The average Bonchev–Trinajstić information content (AvgIpc) is 2.33. The summed E-state index contributed by atoms with van der Waals surface area (Å²) in [7, 11) is 0. The third kappa shape index (κ3) is 5.22. The lowest BCUT2D eigenvalue weighted by atomic mass is 10.1. The second-order valence-electron chi connectivity index (χ2n) is 4.21. The fourth-order valence-corrected chi connectivity index (χ4v) is 1.22. The van der Waals surface area contributed by atoms with Gasteiger partial charge in [0, 0.05) is 18.8 Å². The first-order valence-electron chi connectivity index (χ1n) is 5.97. The molecular formula is C12H20ClN3O. The van der Waals surface area contributed by atoms with Gasteiger partial charge >= 0.3 is 0 Å². The van der Waals surface area contributed by atoms with Gasteiger partial charge in [-0.15, -0.1) is 11.6 Å². The Labute approximate surface area is 108 Å². The van der Waals surface area contributed by atoms with Crippen LogP contribution in [-0.4, -0.2) is 28.5 Å². The van der Waals surface area contributed by atoms with Gasteiger partial charge in [0.05, 0.1) is 12.0 Å². The Balaban J connectivity index is 2.48. The highest BCUT2D eigenvalue weighted by atomic mass is 35.5. The molecule has 1 heterocycles. The molecule has 1 atom stereocenters. The summed E-state index contributed by atoms with van der Waals surface area (Å²) in [5.41, 5.74) is 0. The molecule has 0 aromatic carbocycles. The maximum absolute atomic E-state index is 6.14. The molecule has 0 aliphatic heterocycles. The van der Waals surface area contributed by atoms with E-state index in [1.165, 1.54) is 0 Å². The third-order valence-electron chi connectivity index (χ3n) is 2.26. The van der Waals surface area contributed by atoms with E-state index in [4.69, 9.17) is 16.3 Å². The van der Waals surface area contributed by atoms with Crippen LogP contribution >= 0.6 is 11.6 Å². The lowest BCUT2D eigenvalue weighted by Gasteiger charge is -2.14. The monoisotopic (exact) mass is 257 g/mol. The van der Waals surface area contributed by atoms with E-state index in [1.807, 2.05) is 0 Å². The SMILES string of the molecule is CCCOc1ccnc(NCC(Cl)C(C)C)n1. The van der Waals surface area contributed by atoms with Gasteiger partial charge in [-0.25, -0.2) is 4.98 Å². The fourth-order valence-electron chi connectivity index (χ4n) is 1.14. The van der Waals surface area contributed by atoms with Crippen molar-refractivity contribution in [3.63, 3.8) is 0 Å². The lowest BCUT2D eigenvalue weighted by Crippen LogP contribution is -2.20. The van der Waals surface area contributed by atoms with Crippen LogP contribution in [0.4, 0.5) is 5.95 Å². The van der Waals surface area contributed by atoms with E-state index in [9.17, 15) is 0 Å². The Morgan fingerprint density at radius 3 is 2.88 bits per heavy atom. The van der Waals surface area contributed by atoms with E-state index < -0.39 is 0 Å². The van der Waals surface area contributed by atoms with Gasteiger partial charge in [-0.2, -0.15) is 4.98 Å². The zero-order valence-electron chi connectivity index (χ0n) is 10.6. The highest BCUT2D eigenvalue weighted by Gasteiger charge is 2.09. The average molecular weight is 258 g/mol. The minimum Gasteiger partial charge on any atom is -0.478 e. The molecule has 0 saturated carbocycles. The summed E-state index contributed by atoms with van der Waals surface area (Å²) in [6.07, 6.45) is 2.64. The quantitative estimate of drug-likeness (QED) is 0.763. The van der Waals surface area contributed by atoms with Crippen molar-refractivity contribution in [1.82, 2.24) is 9.97 Å². The van der Waals surface area contributed by atoms with Gasteiger partial charge in [-0.05, 0) is 12.3 Å². The van der Waals surface area contributed by atoms with Gasteiger partial charge in [0.2, 0.25) is 11.8 Å². The third-order valence-corrected chi connectivity index (χ3v) is 2.92. The molecule has 1 aromatic heterocycles. The number of nitrogens with zero attached hydrogens (tertiary/aromatic N) is 2. The van der Waals surface area contributed by atoms with Crippen molar-refractivity contribution < 1.29 is 4.74 Å². The number of anilines is 1. The van der Waals surface area contributed by atoms with Crippen LogP contribution in [0.25, 0.3) is 0 Å². The Hall–Kier alpha value is -1.03. The van der Waals surface area contributed by atoms with Crippen molar-refractivity contribution in [1.29, 1.82) is 0 Å². The maximum atomic E-state index is 6.14. The van der Waals surface area contributed by atoms with E-state index in [0.29, 0.717) is 30.9 Å². The molecule has 5 heteroatoms. The Bertz CT molecular complexity index is 333. The molecule has 0 saturated heterocycles. The first-order valence-corrected chi connectivity index (χ1v) is 6.41. The highest BCUT2D eigenvalue weighted by molar-refractivity contribution is 6.21. The molecule has 0 bridgehead atoms. The molecule has 0 fully saturated rings. The van der Waals surface area contributed by atoms with Gasteiger partial charge in [-0.1, -0.05) is 20.8 Å². The second-order valence-corrected chi connectivity index (χ2v) is 4.77. The van der Waals surface area contributed by atoms with Crippen molar-refractivity contribution in [3.05, 3.63) is 12.3 Å². The topological polar surface area (TPSA) is 47.0 Å². The molecule has 17 heavy (non-hydrogen) atoms. The van der Waals surface area contributed by atoms with E-state index in [-0.39, 0.29) is 5.38 Å². The number of hydrogen-bond donors (Lipinski definition) is 1. The van der Waals surface area contributed by atoms with Crippen LogP contribution in [0, 0.1) is 5.92 Å².